The minimum absolute atomic E-state index is 0.0223. The number of guanidine groups is 1. The summed E-state index contributed by atoms with van der Waals surface area (Å²) in [5.41, 5.74) is 17.2. The zero-order valence-corrected chi connectivity index (χ0v) is 25.8. The van der Waals surface area contributed by atoms with Crippen molar-refractivity contribution in [3.8, 4) is 11.5 Å². The molecule has 0 heterocycles. The first-order valence-corrected chi connectivity index (χ1v) is 14.6. The van der Waals surface area contributed by atoms with Gasteiger partial charge in [0, 0.05) is 19.4 Å². The molecule has 14 N–H and O–H groups in total. The molecule has 0 aliphatic heterocycles. The molecule has 18 heteroatoms. The number of phenols is 2. The van der Waals surface area contributed by atoms with E-state index in [2.05, 4.69) is 26.3 Å². The lowest BCUT2D eigenvalue weighted by atomic mass is 10.0. The number of rotatable bonds is 19. The van der Waals surface area contributed by atoms with Gasteiger partial charge in [0.1, 0.15) is 35.7 Å². The fraction of sp³-hybridized carbons (Fsp3) is 0.367. The van der Waals surface area contributed by atoms with Gasteiger partial charge in [-0.2, -0.15) is 0 Å². The lowest BCUT2D eigenvalue weighted by Gasteiger charge is -2.26. The summed E-state index contributed by atoms with van der Waals surface area (Å²) in [6, 6.07) is 5.69. The predicted molar refractivity (Wildman–Crippen MR) is 170 cm³/mol. The van der Waals surface area contributed by atoms with Gasteiger partial charge in [-0.1, -0.05) is 24.3 Å². The molecule has 0 aromatic heterocycles. The van der Waals surface area contributed by atoms with Crippen LogP contribution in [0.15, 0.2) is 53.5 Å². The number of carboxylic acids is 2. The van der Waals surface area contributed by atoms with E-state index in [9.17, 15) is 44.1 Å². The molecule has 0 aliphatic rings. The Morgan fingerprint density at radius 2 is 1.10 bits per heavy atom. The van der Waals surface area contributed by atoms with Gasteiger partial charge >= 0.3 is 11.9 Å². The van der Waals surface area contributed by atoms with Crippen LogP contribution in [0.25, 0.3) is 0 Å². The van der Waals surface area contributed by atoms with E-state index in [1.807, 2.05) is 0 Å². The van der Waals surface area contributed by atoms with Crippen molar-refractivity contribution >= 4 is 41.5 Å². The molecule has 4 amide bonds. The van der Waals surface area contributed by atoms with E-state index in [0.29, 0.717) is 11.1 Å². The number of phenolic OH excluding ortho intramolecular Hbond substituents is 2. The highest BCUT2D eigenvalue weighted by Gasteiger charge is 2.32. The normalized spacial score (nSPS) is 13.1. The van der Waals surface area contributed by atoms with Crippen molar-refractivity contribution in [2.45, 2.75) is 56.3 Å². The van der Waals surface area contributed by atoms with Crippen LogP contribution >= 0.6 is 0 Å². The molecular formula is C30H40N8O10. The number of carboxylic acid groups (broad SMARTS) is 2. The van der Waals surface area contributed by atoms with Crippen molar-refractivity contribution in [2.24, 2.45) is 22.2 Å². The molecule has 4 atom stereocenters. The van der Waals surface area contributed by atoms with Crippen LogP contribution in [-0.2, 0) is 41.6 Å². The number of hydrogen-bond donors (Lipinski definition) is 11. The summed E-state index contributed by atoms with van der Waals surface area (Å²) in [6.45, 7) is -0.403. The molecule has 4 unspecified atom stereocenters. The van der Waals surface area contributed by atoms with Gasteiger partial charge in [-0.25, -0.2) is 4.79 Å². The summed E-state index contributed by atoms with van der Waals surface area (Å²) >= 11 is 0. The van der Waals surface area contributed by atoms with Gasteiger partial charge < -0.3 is 58.9 Å². The van der Waals surface area contributed by atoms with Gasteiger partial charge in [-0.15, -0.1) is 0 Å². The van der Waals surface area contributed by atoms with Crippen LogP contribution in [0.1, 0.15) is 30.4 Å². The van der Waals surface area contributed by atoms with Crippen molar-refractivity contribution < 1.29 is 49.2 Å². The fourth-order valence-electron chi connectivity index (χ4n) is 4.37. The van der Waals surface area contributed by atoms with Crippen molar-refractivity contribution in [1.82, 2.24) is 21.3 Å². The van der Waals surface area contributed by atoms with Crippen molar-refractivity contribution in [3.05, 3.63) is 59.7 Å². The van der Waals surface area contributed by atoms with E-state index < -0.39 is 72.7 Å². The minimum Gasteiger partial charge on any atom is -0.508 e. The SMILES string of the molecule is NCC(=O)NC(Cc1ccc(O)cc1)C(=O)NC(Cc1ccc(O)cc1)C(=O)NC(CCCN=C(N)N)C(=O)NC(CC(=O)O)C(=O)O. The molecule has 2 rings (SSSR count). The third-order valence-electron chi connectivity index (χ3n) is 6.79. The molecule has 0 bridgehead atoms. The number of nitrogens with two attached hydrogens (primary N) is 3. The maximum Gasteiger partial charge on any atom is 0.326 e. The molecule has 0 saturated carbocycles. The van der Waals surface area contributed by atoms with Gasteiger partial charge in [0.25, 0.3) is 0 Å². The van der Waals surface area contributed by atoms with Crippen LogP contribution in [0.4, 0.5) is 0 Å². The fourth-order valence-corrected chi connectivity index (χ4v) is 4.37. The highest BCUT2D eigenvalue weighted by molar-refractivity contribution is 5.95. The molecule has 0 saturated heterocycles. The second-order valence-corrected chi connectivity index (χ2v) is 10.6. The standard InChI is InChI=1S/C30H40N8O10/c31-15-24(41)35-21(12-16-3-7-18(39)8-4-16)27(45)37-22(13-17-5-9-19(40)10-6-17)28(46)36-20(2-1-11-34-30(32)33)26(44)38-23(29(47)48)14-25(42)43/h3-10,20-23,39-40H,1-2,11-15,31H2,(H,35,41)(H,36,46)(H,37,45)(H,38,44)(H,42,43)(H,47,48)(H4,32,33,34). The summed E-state index contributed by atoms with van der Waals surface area (Å²) in [6.07, 6.45) is -1.15. The Balaban J connectivity index is 2.39. The Labute approximate surface area is 274 Å². The molecule has 0 aliphatic carbocycles. The maximum absolute atomic E-state index is 13.7. The van der Waals surface area contributed by atoms with E-state index in [4.69, 9.17) is 22.3 Å². The predicted octanol–water partition coefficient (Wildman–Crippen LogP) is -2.61. The lowest BCUT2D eigenvalue weighted by Crippen LogP contribution is -2.58. The van der Waals surface area contributed by atoms with Gasteiger partial charge in [0.15, 0.2) is 5.96 Å². The van der Waals surface area contributed by atoms with Crippen molar-refractivity contribution in [1.29, 1.82) is 0 Å². The van der Waals surface area contributed by atoms with E-state index in [1.165, 1.54) is 48.5 Å². The van der Waals surface area contributed by atoms with Crippen LogP contribution in [0.3, 0.4) is 0 Å². The van der Waals surface area contributed by atoms with E-state index in [0.717, 1.165) is 0 Å². The zero-order valence-electron chi connectivity index (χ0n) is 25.8. The molecule has 0 radical (unpaired) electrons. The number of hydrogen-bond acceptors (Lipinski definition) is 10. The van der Waals surface area contributed by atoms with Gasteiger partial charge in [-0.3, -0.25) is 29.0 Å². The zero-order chi connectivity index (χ0) is 35.8. The largest absolute Gasteiger partial charge is 0.508 e. The maximum atomic E-state index is 13.7. The number of amides is 4. The second-order valence-electron chi connectivity index (χ2n) is 10.6. The van der Waals surface area contributed by atoms with Crippen LogP contribution in [0.2, 0.25) is 0 Å². The first kappa shape index (κ1) is 38.3. The third-order valence-corrected chi connectivity index (χ3v) is 6.79. The van der Waals surface area contributed by atoms with Gasteiger partial charge in [0.05, 0.1) is 13.0 Å². The Bertz CT molecular complexity index is 1460. The summed E-state index contributed by atoms with van der Waals surface area (Å²) in [5, 5.41) is 47.4. The Hall–Kier alpha value is -5.91. The van der Waals surface area contributed by atoms with Crippen LogP contribution in [0, 0.1) is 0 Å². The topological polar surface area (TPSA) is 322 Å². The number of carbonyl (C=O) groups excluding carboxylic acids is 4. The molecule has 260 valence electrons. The smallest absolute Gasteiger partial charge is 0.326 e. The molecule has 18 nitrogen and oxygen atoms in total. The first-order valence-electron chi connectivity index (χ1n) is 14.6. The second kappa shape index (κ2) is 18.9. The Kier molecular flexibility index (Phi) is 15.1. The van der Waals surface area contributed by atoms with Crippen LogP contribution in [-0.4, -0.2) is 99.2 Å². The van der Waals surface area contributed by atoms with Gasteiger partial charge in [0.2, 0.25) is 23.6 Å². The minimum atomic E-state index is -1.81. The highest BCUT2D eigenvalue weighted by atomic mass is 16.4. The van der Waals surface area contributed by atoms with E-state index >= 15 is 0 Å². The third kappa shape index (κ3) is 13.6. The Morgan fingerprint density at radius 1 is 0.667 bits per heavy atom. The summed E-state index contributed by atoms with van der Waals surface area (Å²) in [5.74, 6) is -6.80. The number of benzene rings is 2. The molecular weight excluding hydrogens is 632 g/mol. The average Bonchev–Trinajstić information content (AvgIpc) is 3.02. The highest BCUT2D eigenvalue weighted by Crippen LogP contribution is 2.14. The summed E-state index contributed by atoms with van der Waals surface area (Å²) < 4.78 is 0. The van der Waals surface area contributed by atoms with Crippen LogP contribution in [0.5, 0.6) is 11.5 Å². The molecule has 48 heavy (non-hydrogen) atoms. The molecule has 0 spiro atoms. The Morgan fingerprint density at radius 3 is 1.54 bits per heavy atom. The van der Waals surface area contributed by atoms with E-state index in [1.54, 1.807) is 0 Å². The average molecular weight is 673 g/mol. The summed E-state index contributed by atoms with van der Waals surface area (Å²) in [4.78, 5) is 79.2. The van der Waals surface area contributed by atoms with Gasteiger partial charge in [-0.05, 0) is 48.2 Å². The monoisotopic (exact) mass is 672 g/mol. The quantitative estimate of drug-likeness (QED) is 0.0415. The summed E-state index contributed by atoms with van der Waals surface area (Å²) in [7, 11) is 0. The lowest BCUT2D eigenvalue weighted by molar-refractivity contribution is -0.147. The van der Waals surface area contributed by atoms with Crippen molar-refractivity contribution in [2.75, 3.05) is 13.1 Å². The number of aliphatic carboxylic acids is 2. The molecule has 2 aromatic carbocycles. The number of aliphatic imine (C=N–C) groups is 1. The van der Waals surface area contributed by atoms with E-state index in [-0.39, 0.29) is 49.7 Å². The number of nitrogens with zero attached hydrogens (tertiary/aromatic N) is 1. The van der Waals surface area contributed by atoms with Crippen LogP contribution < -0.4 is 38.5 Å². The van der Waals surface area contributed by atoms with Crippen molar-refractivity contribution in [3.63, 3.8) is 0 Å². The molecule has 2 aromatic rings. The number of carbonyl (C=O) groups is 6. The number of aromatic hydroxyl groups is 2. The molecule has 0 fully saturated rings. The number of nitrogens with one attached hydrogen (secondary N) is 4. The first-order chi connectivity index (χ1) is 22.7.